The van der Waals surface area contributed by atoms with Gasteiger partial charge < -0.3 is 25.4 Å². The van der Waals surface area contributed by atoms with E-state index in [-0.39, 0.29) is 43.4 Å². The van der Waals surface area contributed by atoms with Gasteiger partial charge in [-0.2, -0.15) is 0 Å². The summed E-state index contributed by atoms with van der Waals surface area (Å²) in [7, 11) is 0. The molecule has 0 spiro atoms. The number of carbonyl (C=O) groups excluding carboxylic acids is 2. The Morgan fingerprint density at radius 1 is 1.35 bits per heavy atom. The Balaban J connectivity index is 1.76. The van der Waals surface area contributed by atoms with Gasteiger partial charge in [0.05, 0.1) is 25.9 Å². The number of aliphatic hydroxyl groups is 1. The predicted octanol–water partition coefficient (Wildman–Crippen LogP) is 0.239. The molecule has 8 heteroatoms. The van der Waals surface area contributed by atoms with Crippen molar-refractivity contribution in [3.8, 4) is 0 Å². The number of urea groups is 1. The fourth-order valence-electron chi connectivity index (χ4n) is 2.31. The van der Waals surface area contributed by atoms with Crippen LogP contribution in [0.3, 0.4) is 0 Å². The van der Waals surface area contributed by atoms with Crippen LogP contribution in [-0.2, 0) is 9.53 Å². The first kappa shape index (κ1) is 17.2. The molecule has 1 aromatic carbocycles. The highest BCUT2D eigenvalue weighted by atomic mass is 19.1. The van der Waals surface area contributed by atoms with Crippen LogP contribution in [0.5, 0.6) is 0 Å². The van der Waals surface area contributed by atoms with Gasteiger partial charge in [-0.1, -0.05) is 0 Å². The summed E-state index contributed by atoms with van der Waals surface area (Å²) in [4.78, 5) is 25.2. The molecule has 7 nitrogen and oxygen atoms in total. The molecule has 2 rings (SSSR count). The van der Waals surface area contributed by atoms with Crippen LogP contribution in [0, 0.1) is 5.82 Å². The normalized spacial score (nSPS) is 17.4. The van der Waals surface area contributed by atoms with Crippen LogP contribution in [0.15, 0.2) is 24.3 Å². The van der Waals surface area contributed by atoms with Crippen LogP contribution in [-0.4, -0.2) is 56.0 Å². The van der Waals surface area contributed by atoms with Crippen molar-refractivity contribution in [2.75, 3.05) is 37.8 Å². The van der Waals surface area contributed by atoms with Gasteiger partial charge in [0.25, 0.3) is 0 Å². The second-order valence-electron chi connectivity index (χ2n) is 5.12. The minimum absolute atomic E-state index is 0.0599. The highest BCUT2D eigenvalue weighted by Gasteiger charge is 2.31. The molecule has 23 heavy (non-hydrogen) atoms. The Kier molecular flexibility index (Phi) is 6.30. The standard InChI is InChI=1S/C15H20FN3O4/c16-11-1-3-13(4-2-11)19-10-12(9-14(19)21)18-15(22)17-5-7-23-8-6-20/h1-4,12,20H,5-10H2,(H2,17,18,22). The molecule has 0 aromatic heterocycles. The smallest absolute Gasteiger partial charge is 0.315 e. The van der Waals surface area contributed by atoms with E-state index in [2.05, 4.69) is 10.6 Å². The molecule has 1 aliphatic heterocycles. The van der Waals surface area contributed by atoms with Crippen LogP contribution < -0.4 is 15.5 Å². The summed E-state index contributed by atoms with van der Waals surface area (Å²) in [6.07, 6.45) is 0.200. The lowest BCUT2D eigenvalue weighted by Crippen LogP contribution is -2.44. The number of hydrogen-bond donors (Lipinski definition) is 3. The molecule has 0 aliphatic carbocycles. The van der Waals surface area contributed by atoms with Gasteiger partial charge in [0.15, 0.2) is 0 Å². The average Bonchev–Trinajstić information content (AvgIpc) is 2.88. The quantitative estimate of drug-likeness (QED) is 0.626. The van der Waals surface area contributed by atoms with E-state index in [9.17, 15) is 14.0 Å². The maximum atomic E-state index is 12.9. The van der Waals surface area contributed by atoms with Crippen molar-refractivity contribution in [3.63, 3.8) is 0 Å². The number of nitrogens with zero attached hydrogens (tertiary/aromatic N) is 1. The van der Waals surface area contributed by atoms with Crippen LogP contribution in [0.4, 0.5) is 14.9 Å². The van der Waals surface area contributed by atoms with Crippen LogP contribution in [0.25, 0.3) is 0 Å². The minimum Gasteiger partial charge on any atom is -0.394 e. The lowest BCUT2D eigenvalue weighted by atomic mass is 10.2. The summed E-state index contributed by atoms with van der Waals surface area (Å²) in [6.45, 7) is 1.13. The molecule has 1 aromatic rings. The van der Waals surface area contributed by atoms with E-state index in [0.717, 1.165) is 0 Å². The first-order chi connectivity index (χ1) is 11.1. The van der Waals surface area contributed by atoms with Crippen molar-refractivity contribution in [1.82, 2.24) is 10.6 Å². The van der Waals surface area contributed by atoms with Crippen LogP contribution >= 0.6 is 0 Å². The topological polar surface area (TPSA) is 90.9 Å². The SMILES string of the molecule is O=C(NCCOCCO)NC1CC(=O)N(c2ccc(F)cc2)C1. The zero-order valence-corrected chi connectivity index (χ0v) is 12.6. The molecule has 3 amide bonds. The number of carbonyl (C=O) groups is 2. The van der Waals surface area contributed by atoms with Crippen molar-refractivity contribution in [3.05, 3.63) is 30.1 Å². The zero-order chi connectivity index (χ0) is 16.7. The third-order valence-corrected chi connectivity index (χ3v) is 3.37. The van der Waals surface area contributed by atoms with Gasteiger partial charge in [0.1, 0.15) is 5.82 Å². The maximum Gasteiger partial charge on any atom is 0.315 e. The number of rotatable bonds is 7. The van der Waals surface area contributed by atoms with Gasteiger partial charge >= 0.3 is 6.03 Å². The van der Waals surface area contributed by atoms with E-state index >= 15 is 0 Å². The monoisotopic (exact) mass is 325 g/mol. The number of benzene rings is 1. The molecule has 3 N–H and O–H groups in total. The number of ether oxygens (including phenoxy) is 1. The van der Waals surface area contributed by atoms with Gasteiger partial charge in [-0.25, -0.2) is 9.18 Å². The summed E-state index contributed by atoms with van der Waals surface area (Å²) in [5, 5.41) is 13.9. The molecule has 1 aliphatic rings. The van der Waals surface area contributed by atoms with Crippen LogP contribution in [0.1, 0.15) is 6.42 Å². The molecule has 1 unspecified atom stereocenters. The second-order valence-corrected chi connectivity index (χ2v) is 5.12. The van der Waals surface area contributed by atoms with Crippen molar-refractivity contribution in [2.45, 2.75) is 12.5 Å². The van der Waals surface area contributed by atoms with Crippen LogP contribution in [0.2, 0.25) is 0 Å². The lowest BCUT2D eigenvalue weighted by Gasteiger charge is -2.17. The molecule has 1 atom stereocenters. The third-order valence-electron chi connectivity index (χ3n) is 3.37. The fourth-order valence-corrected chi connectivity index (χ4v) is 2.31. The Morgan fingerprint density at radius 3 is 2.78 bits per heavy atom. The van der Waals surface area contributed by atoms with Gasteiger partial charge in [0, 0.05) is 25.2 Å². The summed E-state index contributed by atoms with van der Waals surface area (Å²) in [6, 6.07) is 4.98. The summed E-state index contributed by atoms with van der Waals surface area (Å²) in [5.74, 6) is -0.481. The summed E-state index contributed by atoms with van der Waals surface area (Å²) < 4.78 is 17.9. The third kappa shape index (κ3) is 5.19. The number of amides is 3. The van der Waals surface area contributed by atoms with Crippen molar-refractivity contribution < 1.29 is 23.8 Å². The summed E-state index contributed by atoms with van der Waals surface area (Å²) >= 11 is 0. The van der Waals surface area contributed by atoms with Gasteiger partial charge in [0.2, 0.25) is 5.91 Å². The Labute approximate surface area is 133 Å². The molecule has 126 valence electrons. The minimum atomic E-state index is -0.378. The zero-order valence-electron chi connectivity index (χ0n) is 12.6. The first-order valence-corrected chi connectivity index (χ1v) is 7.39. The number of aliphatic hydroxyl groups excluding tert-OH is 1. The van der Waals surface area contributed by atoms with E-state index in [0.29, 0.717) is 25.4 Å². The van der Waals surface area contributed by atoms with E-state index in [1.165, 1.54) is 29.2 Å². The Morgan fingerprint density at radius 2 is 2.09 bits per heavy atom. The number of nitrogens with one attached hydrogen (secondary N) is 2. The molecule has 0 saturated carbocycles. The lowest BCUT2D eigenvalue weighted by molar-refractivity contribution is -0.117. The van der Waals surface area contributed by atoms with Crippen molar-refractivity contribution in [1.29, 1.82) is 0 Å². The Hall–Kier alpha value is -2.19. The highest BCUT2D eigenvalue weighted by molar-refractivity contribution is 5.96. The first-order valence-electron chi connectivity index (χ1n) is 7.39. The average molecular weight is 325 g/mol. The summed E-state index contributed by atoms with van der Waals surface area (Å²) in [5.41, 5.74) is 0.610. The van der Waals surface area contributed by atoms with E-state index in [4.69, 9.17) is 9.84 Å². The molecule has 1 fully saturated rings. The molecular weight excluding hydrogens is 305 g/mol. The molecule has 1 saturated heterocycles. The van der Waals surface area contributed by atoms with E-state index in [1.807, 2.05) is 0 Å². The maximum absolute atomic E-state index is 12.9. The van der Waals surface area contributed by atoms with Crippen molar-refractivity contribution in [2.24, 2.45) is 0 Å². The van der Waals surface area contributed by atoms with Gasteiger partial charge in [-0.15, -0.1) is 0 Å². The largest absolute Gasteiger partial charge is 0.394 e. The van der Waals surface area contributed by atoms with Crippen molar-refractivity contribution >= 4 is 17.6 Å². The Bertz CT molecular complexity index is 538. The predicted molar refractivity (Wildman–Crippen MR) is 81.6 cm³/mol. The second kappa shape index (κ2) is 8.44. The molecule has 1 heterocycles. The van der Waals surface area contributed by atoms with E-state index < -0.39 is 0 Å². The van der Waals surface area contributed by atoms with Gasteiger partial charge in [-0.05, 0) is 24.3 Å². The number of halogens is 1. The number of hydrogen-bond acceptors (Lipinski definition) is 4. The molecule has 0 radical (unpaired) electrons. The molecular formula is C15H20FN3O4. The fraction of sp³-hybridized carbons (Fsp3) is 0.467. The van der Waals surface area contributed by atoms with Gasteiger partial charge in [-0.3, -0.25) is 4.79 Å². The number of anilines is 1. The highest BCUT2D eigenvalue weighted by Crippen LogP contribution is 2.21. The van der Waals surface area contributed by atoms with E-state index in [1.54, 1.807) is 0 Å². The molecule has 0 bridgehead atoms.